The number of rotatable bonds is 4. The number of nitrogens with two attached hydrogens (primary N) is 1. The van der Waals surface area contributed by atoms with Gasteiger partial charge in [0.2, 0.25) is 0 Å². The van der Waals surface area contributed by atoms with Gasteiger partial charge in [0.05, 0.1) is 28.3 Å². The van der Waals surface area contributed by atoms with Gasteiger partial charge in [-0.05, 0) is 24.3 Å². The van der Waals surface area contributed by atoms with Crippen molar-refractivity contribution in [1.29, 1.82) is 0 Å². The third kappa shape index (κ3) is 2.78. The number of pyridine rings is 1. The molecule has 3 N–H and O–H groups in total. The molecule has 1 aromatic carbocycles. The predicted molar refractivity (Wildman–Crippen MR) is 79.8 cm³/mol. The first-order valence-corrected chi connectivity index (χ1v) is 6.71. The highest BCUT2D eigenvalue weighted by Crippen LogP contribution is 2.22. The zero-order chi connectivity index (χ0) is 14.7. The molecule has 0 spiro atoms. The Morgan fingerprint density at radius 3 is 2.57 bits per heavy atom. The lowest BCUT2D eigenvalue weighted by Gasteiger charge is -2.16. The summed E-state index contributed by atoms with van der Waals surface area (Å²) in [6.07, 6.45) is 3.24. The normalized spacial score (nSPS) is 12.3. The Balaban J connectivity index is 2.03. The Morgan fingerprint density at radius 2 is 1.90 bits per heavy atom. The fourth-order valence-electron chi connectivity index (χ4n) is 2.09. The number of halogens is 1. The third-order valence-corrected chi connectivity index (χ3v) is 3.31. The molecule has 6 nitrogen and oxygen atoms in total. The van der Waals surface area contributed by atoms with E-state index < -0.39 is 0 Å². The Hall–Kier alpha value is -2.28. The van der Waals surface area contributed by atoms with E-state index in [-0.39, 0.29) is 6.04 Å². The van der Waals surface area contributed by atoms with E-state index in [0.29, 0.717) is 5.02 Å². The lowest BCUT2D eigenvalue weighted by atomic mass is 10.1. The van der Waals surface area contributed by atoms with Crippen LogP contribution in [0.2, 0.25) is 5.02 Å². The molecular formula is C14H13ClN6. The van der Waals surface area contributed by atoms with Gasteiger partial charge in [0, 0.05) is 6.20 Å². The molecule has 21 heavy (non-hydrogen) atoms. The molecule has 0 radical (unpaired) electrons. The number of nitrogens with zero attached hydrogens (tertiary/aromatic N) is 4. The van der Waals surface area contributed by atoms with Crippen molar-refractivity contribution < 1.29 is 0 Å². The minimum absolute atomic E-state index is 0.336. The van der Waals surface area contributed by atoms with Crippen molar-refractivity contribution in [1.82, 2.24) is 25.4 Å². The zero-order valence-corrected chi connectivity index (χ0v) is 11.8. The van der Waals surface area contributed by atoms with Crippen LogP contribution in [0.3, 0.4) is 0 Å². The van der Waals surface area contributed by atoms with Gasteiger partial charge in [-0.25, -0.2) is 10.1 Å². The topological polar surface area (TPSA) is 81.7 Å². The first-order chi connectivity index (χ1) is 10.3. The van der Waals surface area contributed by atoms with Crippen LogP contribution in [0.25, 0.3) is 5.69 Å². The van der Waals surface area contributed by atoms with E-state index in [4.69, 9.17) is 17.4 Å². The maximum Gasteiger partial charge on any atom is 0.107 e. The van der Waals surface area contributed by atoms with Crippen LogP contribution in [-0.2, 0) is 0 Å². The highest BCUT2D eigenvalue weighted by atomic mass is 35.5. The smallest absolute Gasteiger partial charge is 0.107 e. The lowest BCUT2D eigenvalue weighted by Crippen LogP contribution is -2.31. The van der Waals surface area contributed by atoms with E-state index in [2.05, 4.69) is 20.7 Å². The number of hydrazine groups is 1. The van der Waals surface area contributed by atoms with Crippen molar-refractivity contribution in [3.05, 3.63) is 71.3 Å². The molecule has 0 amide bonds. The molecule has 1 unspecified atom stereocenters. The molecule has 0 aliphatic rings. The molecule has 0 saturated carbocycles. The number of hydrogen-bond donors (Lipinski definition) is 2. The quantitative estimate of drug-likeness (QED) is 0.568. The Labute approximate surface area is 126 Å². The highest BCUT2D eigenvalue weighted by molar-refractivity contribution is 6.30. The number of benzene rings is 1. The molecule has 0 aliphatic heterocycles. The Morgan fingerprint density at radius 1 is 1.10 bits per heavy atom. The lowest BCUT2D eigenvalue weighted by molar-refractivity contribution is 0.582. The summed E-state index contributed by atoms with van der Waals surface area (Å²) in [6.45, 7) is 0. The van der Waals surface area contributed by atoms with Crippen LogP contribution in [-0.4, -0.2) is 20.0 Å². The molecule has 0 aliphatic carbocycles. The average Bonchev–Trinajstić information content (AvgIpc) is 3.00. The molecule has 3 aromatic rings. The van der Waals surface area contributed by atoms with Crippen molar-refractivity contribution in [3.63, 3.8) is 0 Å². The van der Waals surface area contributed by atoms with E-state index >= 15 is 0 Å². The van der Waals surface area contributed by atoms with Crippen molar-refractivity contribution >= 4 is 11.6 Å². The Kier molecular flexibility index (Phi) is 3.92. The minimum atomic E-state index is -0.336. The second-order valence-corrected chi connectivity index (χ2v) is 4.84. The molecule has 2 heterocycles. The van der Waals surface area contributed by atoms with Gasteiger partial charge in [0.15, 0.2) is 0 Å². The maximum absolute atomic E-state index is 5.87. The van der Waals surface area contributed by atoms with E-state index in [1.807, 2.05) is 36.4 Å². The van der Waals surface area contributed by atoms with Gasteiger partial charge in [-0.2, -0.15) is 0 Å². The summed E-state index contributed by atoms with van der Waals surface area (Å²) in [6, 6.07) is 13.0. The van der Waals surface area contributed by atoms with Crippen molar-refractivity contribution in [3.8, 4) is 5.69 Å². The van der Waals surface area contributed by atoms with E-state index in [1.165, 1.54) is 0 Å². The standard InChI is InChI=1S/C14H13ClN6/c15-10-6-7-12(17-8-10)14(19-16)13-9-18-20-21(13)11-4-2-1-3-5-11/h1-9,14,19H,16H2. The first kappa shape index (κ1) is 13.7. The molecule has 3 rings (SSSR count). The fourth-order valence-corrected chi connectivity index (χ4v) is 2.20. The van der Waals surface area contributed by atoms with E-state index in [9.17, 15) is 0 Å². The van der Waals surface area contributed by atoms with Crippen LogP contribution in [0.1, 0.15) is 17.4 Å². The van der Waals surface area contributed by atoms with Crippen LogP contribution in [0.15, 0.2) is 54.9 Å². The van der Waals surface area contributed by atoms with Crippen molar-refractivity contribution in [2.75, 3.05) is 0 Å². The molecule has 0 bridgehead atoms. The SMILES string of the molecule is NNC(c1ccc(Cl)cn1)c1cnnn1-c1ccccc1. The van der Waals surface area contributed by atoms with Gasteiger partial charge in [0.25, 0.3) is 0 Å². The van der Waals surface area contributed by atoms with Crippen LogP contribution < -0.4 is 11.3 Å². The zero-order valence-electron chi connectivity index (χ0n) is 11.0. The van der Waals surface area contributed by atoms with Crippen LogP contribution in [0.5, 0.6) is 0 Å². The number of aromatic nitrogens is 4. The predicted octanol–water partition coefficient (Wildman–Crippen LogP) is 1.87. The summed E-state index contributed by atoms with van der Waals surface area (Å²) in [5.74, 6) is 5.69. The average molecular weight is 301 g/mol. The maximum atomic E-state index is 5.87. The van der Waals surface area contributed by atoms with Gasteiger partial charge in [-0.15, -0.1) is 5.10 Å². The summed E-state index contributed by atoms with van der Waals surface area (Å²) >= 11 is 5.87. The minimum Gasteiger partial charge on any atom is -0.270 e. The molecule has 1 atom stereocenters. The third-order valence-electron chi connectivity index (χ3n) is 3.08. The summed E-state index contributed by atoms with van der Waals surface area (Å²) in [5.41, 5.74) is 5.17. The van der Waals surface area contributed by atoms with E-state index in [1.54, 1.807) is 23.1 Å². The molecule has 106 valence electrons. The van der Waals surface area contributed by atoms with Gasteiger partial charge < -0.3 is 0 Å². The molecule has 0 fully saturated rings. The second kappa shape index (κ2) is 6.01. The number of nitrogens with one attached hydrogen (secondary N) is 1. The summed E-state index contributed by atoms with van der Waals surface area (Å²) in [5, 5.41) is 8.66. The van der Waals surface area contributed by atoms with Gasteiger partial charge in [0.1, 0.15) is 6.04 Å². The number of para-hydroxylation sites is 1. The van der Waals surface area contributed by atoms with Crippen molar-refractivity contribution in [2.24, 2.45) is 5.84 Å². The van der Waals surface area contributed by atoms with Crippen molar-refractivity contribution in [2.45, 2.75) is 6.04 Å². The fraction of sp³-hybridized carbons (Fsp3) is 0.0714. The highest BCUT2D eigenvalue weighted by Gasteiger charge is 2.20. The molecular weight excluding hydrogens is 288 g/mol. The molecule has 7 heteroatoms. The first-order valence-electron chi connectivity index (χ1n) is 6.33. The van der Waals surface area contributed by atoms with Gasteiger partial charge >= 0.3 is 0 Å². The molecule has 2 aromatic heterocycles. The largest absolute Gasteiger partial charge is 0.270 e. The van der Waals surface area contributed by atoms with Gasteiger partial charge in [-0.1, -0.05) is 35.0 Å². The van der Waals surface area contributed by atoms with Gasteiger partial charge in [-0.3, -0.25) is 10.8 Å². The van der Waals surface area contributed by atoms with E-state index in [0.717, 1.165) is 17.1 Å². The summed E-state index contributed by atoms with van der Waals surface area (Å²) < 4.78 is 1.72. The second-order valence-electron chi connectivity index (χ2n) is 4.41. The number of hydrogen-bond acceptors (Lipinski definition) is 5. The summed E-state index contributed by atoms with van der Waals surface area (Å²) in [4.78, 5) is 4.30. The Bertz CT molecular complexity index is 710. The monoisotopic (exact) mass is 300 g/mol. The summed E-state index contributed by atoms with van der Waals surface area (Å²) in [7, 11) is 0. The van der Waals surface area contributed by atoms with Crippen LogP contribution in [0, 0.1) is 0 Å². The molecule has 0 saturated heterocycles. The van der Waals surface area contributed by atoms with Crippen LogP contribution in [0.4, 0.5) is 0 Å². The van der Waals surface area contributed by atoms with Crippen LogP contribution >= 0.6 is 11.6 Å².